The molecule has 0 saturated carbocycles. The van der Waals surface area contributed by atoms with Gasteiger partial charge in [-0.15, -0.1) is 0 Å². The summed E-state index contributed by atoms with van der Waals surface area (Å²) in [7, 11) is 0. The van der Waals surface area contributed by atoms with Gasteiger partial charge in [-0.2, -0.15) is 0 Å². The van der Waals surface area contributed by atoms with Crippen LogP contribution in [0.4, 0.5) is 0 Å². The largest absolute Gasteiger partial charge is 0.0706 e. The standard InChI is InChI=1S/C6H12I2/c1-3-4-5-6(2,7)8/h3-5H2,1-2H3. The Hall–Kier alpha value is 1.46. The molecule has 0 saturated heterocycles. The Morgan fingerprint density at radius 3 is 2.00 bits per heavy atom. The average Bonchev–Trinajstić information content (AvgIpc) is 1.59. The highest BCUT2D eigenvalue weighted by Crippen LogP contribution is 2.31. The van der Waals surface area contributed by atoms with Gasteiger partial charge in [0.15, 0.2) is 0 Å². The maximum absolute atomic E-state index is 2.49. The summed E-state index contributed by atoms with van der Waals surface area (Å²) < 4.78 is 0.492. The predicted octanol–water partition coefficient (Wildman–Crippen LogP) is 3.76. The molecule has 0 aliphatic heterocycles. The van der Waals surface area contributed by atoms with Crippen molar-refractivity contribution in [2.24, 2.45) is 0 Å². The van der Waals surface area contributed by atoms with Gasteiger partial charge >= 0.3 is 0 Å². The van der Waals surface area contributed by atoms with Crippen LogP contribution in [0.15, 0.2) is 0 Å². The quantitative estimate of drug-likeness (QED) is 0.543. The third-order valence-electron chi connectivity index (χ3n) is 0.969. The summed E-state index contributed by atoms with van der Waals surface area (Å²) in [4.78, 5) is 0. The first-order valence-corrected chi connectivity index (χ1v) is 5.10. The SMILES string of the molecule is CCCCC(C)(I)I. The minimum absolute atomic E-state index is 0.492. The molecule has 2 heteroatoms. The van der Waals surface area contributed by atoms with Gasteiger partial charge in [-0.1, -0.05) is 64.9 Å². The smallest absolute Gasteiger partial charge is 0.0675 e. The van der Waals surface area contributed by atoms with Crippen molar-refractivity contribution < 1.29 is 0 Å². The van der Waals surface area contributed by atoms with Crippen LogP contribution in [0.5, 0.6) is 0 Å². The molecule has 0 aromatic heterocycles. The van der Waals surface area contributed by atoms with E-state index in [1.54, 1.807) is 0 Å². The number of rotatable bonds is 3. The third-order valence-corrected chi connectivity index (χ3v) is 2.05. The second kappa shape index (κ2) is 4.30. The fourth-order valence-electron chi connectivity index (χ4n) is 0.487. The first-order chi connectivity index (χ1) is 3.56. The van der Waals surface area contributed by atoms with Crippen molar-refractivity contribution in [3.05, 3.63) is 0 Å². The molecular formula is C6H12I2. The Morgan fingerprint density at radius 1 is 1.38 bits per heavy atom. The molecule has 0 rings (SSSR count). The van der Waals surface area contributed by atoms with Crippen LogP contribution in [0.1, 0.15) is 33.1 Å². The van der Waals surface area contributed by atoms with Crippen LogP contribution in [-0.4, -0.2) is 1.43 Å². The van der Waals surface area contributed by atoms with Crippen molar-refractivity contribution in [1.29, 1.82) is 0 Å². The molecule has 8 heavy (non-hydrogen) atoms. The Morgan fingerprint density at radius 2 is 1.88 bits per heavy atom. The van der Waals surface area contributed by atoms with Gasteiger partial charge in [0.2, 0.25) is 0 Å². The Bertz CT molecular complexity index is 54.0. The molecule has 0 bridgehead atoms. The van der Waals surface area contributed by atoms with Gasteiger partial charge in [-0.3, -0.25) is 0 Å². The lowest BCUT2D eigenvalue weighted by Crippen LogP contribution is -2.01. The Labute approximate surface area is 79.1 Å². The number of alkyl halides is 2. The molecule has 0 heterocycles. The Balaban J connectivity index is 3.11. The summed E-state index contributed by atoms with van der Waals surface area (Å²) in [5.74, 6) is 0. The van der Waals surface area contributed by atoms with Gasteiger partial charge in [-0.25, -0.2) is 0 Å². The van der Waals surface area contributed by atoms with Crippen LogP contribution in [-0.2, 0) is 0 Å². The summed E-state index contributed by atoms with van der Waals surface area (Å²) >= 11 is 4.97. The lowest BCUT2D eigenvalue weighted by Gasteiger charge is -2.11. The van der Waals surface area contributed by atoms with Crippen molar-refractivity contribution in [2.45, 2.75) is 34.5 Å². The van der Waals surface area contributed by atoms with Gasteiger partial charge in [0.05, 0.1) is 1.43 Å². The molecule has 0 N–H and O–H groups in total. The first kappa shape index (κ1) is 9.46. The third kappa shape index (κ3) is 7.46. The molecule has 0 radical (unpaired) electrons. The average molecular weight is 338 g/mol. The fourth-order valence-corrected chi connectivity index (χ4v) is 1.25. The zero-order chi connectivity index (χ0) is 6.62. The summed E-state index contributed by atoms with van der Waals surface area (Å²) in [5, 5.41) is 0. The lowest BCUT2D eigenvalue weighted by molar-refractivity contribution is 0.715. The minimum Gasteiger partial charge on any atom is -0.0675 e. The molecular weight excluding hydrogens is 326 g/mol. The molecule has 0 aromatic rings. The van der Waals surface area contributed by atoms with E-state index in [-0.39, 0.29) is 0 Å². The topological polar surface area (TPSA) is 0 Å². The maximum atomic E-state index is 2.49. The van der Waals surface area contributed by atoms with Crippen LogP contribution >= 0.6 is 45.2 Å². The van der Waals surface area contributed by atoms with E-state index in [0.717, 1.165) is 0 Å². The fraction of sp³-hybridized carbons (Fsp3) is 1.00. The molecule has 0 nitrogen and oxygen atoms in total. The highest BCUT2D eigenvalue weighted by Gasteiger charge is 2.12. The van der Waals surface area contributed by atoms with E-state index in [9.17, 15) is 0 Å². The molecule has 0 aromatic carbocycles. The molecule has 0 aliphatic carbocycles. The molecule has 50 valence electrons. The zero-order valence-corrected chi connectivity index (χ0v) is 9.69. The predicted molar refractivity (Wildman–Crippen MR) is 56.0 cm³/mol. The van der Waals surface area contributed by atoms with E-state index in [0.29, 0.717) is 1.43 Å². The monoisotopic (exact) mass is 338 g/mol. The Kier molecular flexibility index (Phi) is 5.09. The van der Waals surface area contributed by atoms with Crippen LogP contribution in [0.25, 0.3) is 0 Å². The van der Waals surface area contributed by atoms with Crippen molar-refractivity contribution in [2.75, 3.05) is 0 Å². The van der Waals surface area contributed by atoms with E-state index in [1.807, 2.05) is 0 Å². The number of halogens is 2. The van der Waals surface area contributed by atoms with E-state index in [1.165, 1.54) is 19.3 Å². The minimum atomic E-state index is 0.492. The molecule has 0 atom stereocenters. The van der Waals surface area contributed by atoms with E-state index in [4.69, 9.17) is 0 Å². The van der Waals surface area contributed by atoms with Crippen LogP contribution in [0.3, 0.4) is 0 Å². The lowest BCUT2D eigenvalue weighted by atomic mass is 10.2. The summed E-state index contributed by atoms with van der Waals surface area (Å²) in [6.45, 7) is 4.50. The van der Waals surface area contributed by atoms with Crippen molar-refractivity contribution in [3.8, 4) is 0 Å². The van der Waals surface area contributed by atoms with Gasteiger partial charge in [-0.05, 0) is 13.3 Å². The number of hydrogen-bond donors (Lipinski definition) is 0. The molecule has 0 unspecified atom stereocenters. The molecule has 0 fully saturated rings. The highest BCUT2D eigenvalue weighted by molar-refractivity contribution is 14.2. The second-order valence-electron chi connectivity index (χ2n) is 2.17. The summed E-state index contributed by atoms with van der Waals surface area (Å²) in [6, 6.07) is 0. The highest BCUT2D eigenvalue weighted by atomic mass is 127. The normalized spacial score (nSPS) is 12.0. The van der Waals surface area contributed by atoms with Crippen LogP contribution in [0.2, 0.25) is 0 Å². The number of hydrogen-bond acceptors (Lipinski definition) is 0. The molecule has 0 amide bonds. The molecule has 0 spiro atoms. The van der Waals surface area contributed by atoms with Gasteiger partial charge in [0.25, 0.3) is 0 Å². The van der Waals surface area contributed by atoms with Crippen LogP contribution < -0.4 is 0 Å². The molecule has 0 aliphatic rings. The van der Waals surface area contributed by atoms with Crippen LogP contribution in [0, 0.1) is 0 Å². The second-order valence-corrected chi connectivity index (χ2v) is 9.00. The van der Waals surface area contributed by atoms with Crippen molar-refractivity contribution >= 4 is 45.2 Å². The van der Waals surface area contributed by atoms with Gasteiger partial charge in [0.1, 0.15) is 0 Å². The van der Waals surface area contributed by atoms with E-state index in [2.05, 4.69) is 59.0 Å². The van der Waals surface area contributed by atoms with E-state index < -0.39 is 0 Å². The summed E-state index contributed by atoms with van der Waals surface area (Å²) in [6.07, 6.45) is 4.02. The summed E-state index contributed by atoms with van der Waals surface area (Å²) in [5.41, 5.74) is 0. The van der Waals surface area contributed by atoms with Gasteiger partial charge < -0.3 is 0 Å². The maximum Gasteiger partial charge on any atom is 0.0706 e. The van der Waals surface area contributed by atoms with Crippen molar-refractivity contribution in [3.63, 3.8) is 0 Å². The van der Waals surface area contributed by atoms with Gasteiger partial charge in [0, 0.05) is 0 Å². The first-order valence-electron chi connectivity index (χ1n) is 2.94. The number of unbranched alkanes of at least 4 members (excludes halogenated alkanes) is 1. The zero-order valence-electron chi connectivity index (χ0n) is 5.38. The van der Waals surface area contributed by atoms with E-state index >= 15 is 0 Å². The van der Waals surface area contributed by atoms with Crippen molar-refractivity contribution in [1.82, 2.24) is 0 Å².